The average Bonchev–Trinajstić information content (AvgIpc) is 1.63. The Balaban J connectivity index is 0. The van der Waals surface area contributed by atoms with Crippen molar-refractivity contribution in [2.24, 2.45) is 0 Å². The van der Waals surface area contributed by atoms with Crippen LogP contribution in [-0.2, 0) is 4.79 Å². The summed E-state index contributed by atoms with van der Waals surface area (Å²) in [5.74, 6) is 0.108. The van der Waals surface area contributed by atoms with Crippen LogP contribution in [0.5, 0.6) is 0 Å². The van der Waals surface area contributed by atoms with E-state index in [1.807, 2.05) is 25.1 Å². The number of carbonyl (C=O) groups is 1. The van der Waals surface area contributed by atoms with E-state index in [2.05, 4.69) is 0 Å². The van der Waals surface area contributed by atoms with Gasteiger partial charge in [0.05, 0.1) is 0 Å². The molecule has 0 atom stereocenters. The summed E-state index contributed by atoms with van der Waals surface area (Å²) in [6.45, 7) is 2.38. The quantitative estimate of drug-likeness (QED) is 0.571. The Morgan fingerprint density at radius 1 is 1.50 bits per heavy atom. The maximum atomic E-state index is 10.3. The number of ketones is 1. The lowest BCUT2D eigenvalue weighted by Crippen LogP contribution is -2.10. The summed E-state index contributed by atoms with van der Waals surface area (Å²) in [7, 11) is 3.93. The molecular weight excluding hydrogens is 146 g/mol. The van der Waals surface area contributed by atoms with Gasteiger partial charge in [0, 0.05) is 6.54 Å². The smallest absolute Gasteiger partial charge is 0.152 e. The average molecular weight is 161 g/mol. The van der Waals surface area contributed by atoms with Crippen molar-refractivity contribution in [3.05, 3.63) is 12.2 Å². The zero-order valence-electron chi connectivity index (χ0n) is 6.72. The molecule has 0 aromatic rings. The Morgan fingerprint density at radius 3 is 2.30 bits per heavy atom. The zero-order chi connectivity index (χ0) is 7.28. The molecule has 0 aliphatic carbocycles. The Hall–Kier alpha value is -0.280. The number of allylic oxidation sites excluding steroid dienone is 1. The van der Waals surface area contributed by atoms with Crippen molar-refractivity contribution < 1.29 is 4.79 Å². The molecule has 0 aliphatic rings. The highest BCUT2D eigenvalue weighted by atomic mass is 32.1. The van der Waals surface area contributed by atoms with Crippen LogP contribution in [0.15, 0.2) is 12.2 Å². The van der Waals surface area contributed by atoms with Gasteiger partial charge in [0.15, 0.2) is 5.78 Å². The highest BCUT2D eigenvalue weighted by Crippen LogP contribution is 1.77. The minimum Gasteiger partial charge on any atom is -0.306 e. The van der Waals surface area contributed by atoms with Crippen LogP contribution in [-0.4, -0.2) is 31.3 Å². The minimum absolute atomic E-state index is 0. The Kier molecular flexibility index (Phi) is 8.48. The van der Waals surface area contributed by atoms with Gasteiger partial charge in [0.25, 0.3) is 0 Å². The number of nitrogens with zero attached hydrogens (tertiary/aromatic N) is 1. The van der Waals surface area contributed by atoms with Crippen molar-refractivity contribution in [2.45, 2.75) is 6.92 Å². The number of hydrogen-bond acceptors (Lipinski definition) is 2. The van der Waals surface area contributed by atoms with Gasteiger partial charge in [-0.15, -0.1) is 0 Å². The van der Waals surface area contributed by atoms with Crippen molar-refractivity contribution in [1.82, 2.24) is 4.90 Å². The fraction of sp³-hybridized carbons (Fsp3) is 0.571. The summed E-state index contributed by atoms with van der Waals surface area (Å²) in [6, 6.07) is 0. The van der Waals surface area contributed by atoms with E-state index in [4.69, 9.17) is 0 Å². The first kappa shape index (κ1) is 12.4. The Bertz CT molecular complexity index is 121. The predicted molar refractivity (Wildman–Crippen MR) is 48.8 cm³/mol. The van der Waals surface area contributed by atoms with E-state index in [1.54, 1.807) is 13.0 Å². The number of carbonyl (C=O) groups excluding carboxylic acids is 1. The molecule has 0 aliphatic heterocycles. The maximum absolute atomic E-state index is 10.3. The largest absolute Gasteiger partial charge is 0.306 e. The topological polar surface area (TPSA) is 20.3 Å². The van der Waals surface area contributed by atoms with E-state index < -0.39 is 0 Å². The molecule has 0 amide bonds. The molecule has 0 radical (unpaired) electrons. The summed E-state index contributed by atoms with van der Waals surface area (Å²) < 4.78 is 0. The fourth-order valence-corrected chi connectivity index (χ4v) is 0.429. The number of hydrogen-bond donors (Lipinski definition) is 0. The molecule has 0 rings (SSSR count). The Labute approximate surface area is 69.4 Å². The van der Waals surface area contributed by atoms with Crippen LogP contribution in [0.3, 0.4) is 0 Å². The molecule has 0 fully saturated rings. The van der Waals surface area contributed by atoms with Gasteiger partial charge in [-0.1, -0.05) is 6.08 Å². The molecule has 0 N–H and O–H groups in total. The molecule has 0 unspecified atom stereocenters. The van der Waals surface area contributed by atoms with Crippen LogP contribution >= 0.6 is 13.5 Å². The number of rotatable bonds is 3. The molecule has 2 nitrogen and oxygen atoms in total. The molecule has 0 bridgehead atoms. The van der Waals surface area contributed by atoms with Gasteiger partial charge in [-0.3, -0.25) is 4.79 Å². The summed E-state index contributed by atoms with van der Waals surface area (Å²) >= 11 is 0. The van der Waals surface area contributed by atoms with Crippen LogP contribution in [0.25, 0.3) is 0 Å². The van der Waals surface area contributed by atoms with Gasteiger partial charge < -0.3 is 4.90 Å². The first-order valence-electron chi connectivity index (χ1n) is 2.95. The lowest BCUT2D eigenvalue weighted by Gasteiger charge is -2.02. The Morgan fingerprint density at radius 2 is 2.00 bits per heavy atom. The van der Waals surface area contributed by atoms with Crippen molar-refractivity contribution in [2.75, 3.05) is 20.6 Å². The molecule has 0 heterocycles. The van der Waals surface area contributed by atoms with Crippen LogP contribution in [0.4, 0.5) is 0 Å². The van der Waals surface area contributed by atoms with Crippen molar-refractivity contribution in [3.63, 3.8) is 0 Å². The second-order valence-electron chi connectivity index (χ2n) is 2.28. The van der Waals surface area contributed by atoms with Crippen LogP contribution < -0.4 is 0 Å². The molecule has 3 heteroatoms. The summed E-state index contributed by atoms with van der Waals surface area (Å²) in [5.41, 5.74) is 0. The lowest BCUT2D eigenvalue weighted by atomic mass is 10.4. The monoisotopic (exact) mass is 161 g/mol. The van der Waals surface area contributed by atoms with Crippen molar-refractivity contribution in [1.29, 1.82) is 0 Å². The molecule has 60 valence electrons. The fourth-order valence-electron chi connectivity index (χ4n) is 0.429. The third kappa shape index (κ3) is 10.7. The SMILES string of the molecule is CC(=O)/C=C/CN(C)C.S. The van der Waals surface area contributed by atoms with E-state index in [1.165, 1.54) is 0 Å². The number of likely N-dealkylation sites (N-methyl/N-ethyl adjacent to an activating group) is 1. The van der Waals surface area contributed by atoms with Crippen LogP contribution in [0, 0.1) is 0 Å². The van der Waals surface area contributed by atoms with Crippen LogP contribution in [0.1, 0.15) is 6.92 Å². The van der Waals surface area contributed by atoms with Crippen LogP contribution in [0.2, 0.25) is 0 Å². The summed E-state index contributed by atoms with van der Waals surface area (Å²) in [6.07, 6.45) is 3.43. The highest BCUT2D eigenvalue weighted by Gasteiger charge is 1.83. The molecule has 0 aromatic carbocycles. The van der Waals surface area contributed by atoms with Gasteiger partial charge in [0.1, 0.15) is 0 Å². The van der Waals surface area contributed by atoms with Gasteiger partial charge in [-0.05, 0) is 27.1 Å². The van der Waals surface area contributed by atoms with E-state index in [0.717, 1.165) is 6.54 Å². The molecule has 0 aromatic heterocycles. The van der Waals surface area contributed by atoms with E-state index in [0.29, 0.717) is 0 Å². The maximum Gasteiger partial charge on any atom is 0.152 e. The standard InChI is InChI=1S/C7H13NO.H2S/c1-7(9)5-4-6-8(2)3;/h4-5H,6H2,1-3H3;1H2/b5-4+;. The third-order valence-corrected chi connectivity index (χ3v) is 0.823. The van der Waals surface area contributed by atoms with Crippen molar-refractivity contribution >= 4 is 19.3 Å². The minimum atomic E-state index is 0. The molecule has 0 saturated heterocycles. The molecule has 10 heavy (non-hydrogen) atoms. The van der Waals surface area contributed by atoms with E-state index >= 15 is 0 Å². The molecule has 0 spiro atoms. The third-order valence-electron chi connectivity index (χ3n) is 0.823. The van der Waals surface area contributed by atoms with Gasteiger partial charge in [-0.25, -0.2) is 0 Å². The summed E-state index contributed by atoms with van der Waals surface area (Å²) in [5, 5.41) is 0. The predicted octanol–water partition coefficient (Wildman–Crippen LogP) is 0.806. The highest BCUT2D eigenvalue weighted by molar-refractivity contribution is 7.59. The molecular formula is C7H15NOS. The van der Waals surface area contributed by atoms with Gasteiger partial charge in [-0.2, -0.15) is 13.5 Å². The van der Waals surface area contributed by atoms with Gasteiger partial charge >= 0.3 is 0 Å². The van der Waals surface area contributed by atoms with Gasteiger partial charge in [0.2, 0.25) is 0 Å². The zero-order valence-corrected chi connectivity index (χ0v) is 7.72. The molecule has 0 saturated carbocycles. The normalized spacial score (nSPS) is 10.0. The first-order valence-corrected chi connectivity index (χ1v) is 2.95. The second kappa shape index (κ2) is 6.83. The summed E-state index contributed by atoms with van der Waals surface area (Å²) in [4.78, 5) is 12.3. The first-order chi connectivity index (χ1) is 4.13. The van der Waals surface area contributed by atoms with E-state index in [9.17, 15) is 4.79 Å². The van der Waals surface area contributed by atoms with E-state index in [-0.39, 0.29) is 19.3 Å². The second-order valence-corrected chi connectivity index (χ2v) is 2.28. The lowest BCUT2D eigenvalue weighted by molar-refractivity contribution is -0.112. The van der Waals surface area contributed by atoms with Crippen molar-refractivity contribution in [3.8, 4) is 0 Å².